The van der Waals surface area contributed by atoms with Crippen LogP contribution in [0.5, 0.6) is 5.75 Å². The molecule has 1 N–H and O–H groups in total. The molecule has 0 radical (unpaired) electrons. The highest BCUT2D eigenvalue weighted by atomic mass is 16.5. The second-order valence-electron chi connectivity index (χ2n) is 9.41. The molecule has 0 unspecified atom stereocenters. The van der Waals surface area contributed by atoms with Crippen LogP contribution in [0.2, 0.25) is 0 Å². The third-order valence-electron chi connectivity index (χ3n) is 7.58. The van der Waals surface area contributed by atoms with Gasteiger partial charge in [0.25, 0.3) is 0 Å². The number of hydrogen-bond acceptors (Lipinski definition) is 4. The first-order valence-corrected chi connectivity index (χ1v) is 10.2. The molecule has 2 aliphatic rings. The lowest BCUT2D eigenvalue weighted by Gasteiger charge is -2.55. The summed E-state index contributed by atoms with van der Waals surface area (Å²) < 4.78 is 11.5. The van der Waals surface area contributed by atoms with Gasteiger partial charge in [-0.05, 0) is 61.6 Å². The van der Waals surface area contributed by atoms with Crippen molar-refractivity contribution < 1.29 is 14.3 Å². The number of aliphatic hydroxyl groups excluding tert-OH is 1. The predicted molar refractivity (Wildman–Crippen MR) is 110 cm³/mol. The number of hydrogen-bond donors (Lipinski definition) is 1. The van der Waals surface area contributed by atoms with Crippen LogP contribution in [-0.2, 0) is 0 Å². The van der Waals surface area contributed by atoms with Crippen LogP contribution in [0.25, 0.3) is 11.0 Å². The molecule has 0 amide bonds. The van der Waals surface area contributed by atoms with Crippen LogP contribution in [0.15, 0.2) is 51.2 Å². The van der Waals surface area contributed by atoms with Crippen molar-refractivity contribution >= 4 is 11.0 Å². The molecule has 1 aromatic heterocycles. The maximum atomic E-state index is 11.5. The molecule has 4 nitrogen and oxygen atoms in total. The van der Waals surface area contributed by atoms with Crippen LogP contribution in [0.4, 0.5) is 0 Å². The molecule has 2 aliphatic carbocycles. The normalized spacial score (nSPS) is 31.9. The third-order valence-corrected chi connectivity index (χ3v) is 7.58. The summed E-state index contributed by atoms with van der Waals surface area (Å²) in [4.78, 5) is 11.5. The summed E-state index contributed by atoms with van der Waals surface area (Å²) in [6.07, 6.45) is 4.99. The van der Waals surface area contributed by atoms with Gasteiger partial charge in [0, 0.05) is 22.9 Å². The molecule has 0 aliphatic heterocycles. The van der Waals surface area contributed by atoms with Gasteiger partial charge in [0.05, 0.1) is 12.7 Å². The highest BCUT2D eigenvalue weighted by molar-refractivity contribution is 5.77. The number of allylic oxidation sites excluding steroid dienone is 1. The minimum absolute atomic E-state index is 0.0766. The van der Waals surface area contributed by atoms with Crippen molar-refractivity contribution in [2.75, 3.05) is 6.61 Å². The van der Waals surface area contributed by atoms with E-state index in [4.69, 9.17) is 9.15 Å². The summed E-state index contributed by atoms with van der Waals surface area (Å²) in [6, 6.07) is 8.84. The molecule has 4 rings (SSSR count). The third kappa shape index (κ3) is 3.08. The van der Waals surface area contributed by atoms with Gasteiger partial charge < -0.3 is 14.3 Å². The zero-order chi connectivity index (χ0) is 20.1. The molecule has 0 spiro atoms. The van der Waals surface area contributed by atoms with E-state index in [1.54, 1.807) is 12.1 Å². The lowest BCUT2D eigenvalue weighted by molar-refractivity contribution is -0.0939. The lowest BCUT2D eigenvalue weighted by atomic mass is 9.51. The Balaban J connectivity index is 1.60. The summed E-state index contributed by atoms with van der Waals surface area (Å²) >= 11 is 0. The molecule has 2 aromatic rings. The van der Waals surface area contributed by atoms with E-state index in [1.165, 1.54) is 11.6 Å². The number of benzene rings is 1. The van der Waals surface area contributed by atoms with Gasteiger partial charge in [-0.3, -0.25) is 0 Å². The zero-order valence-electron chi connectivity index (χ0n) is 17.2. The first-order valence-electron chi connectivity index (χ1n) is 10.2. The molecule has 1 saturated carbocycles. The summed E-state index contributed by atoms with van der Waals surface area (Å²) in [6.45, 7) is 9.48. The van der Waals surface area contributed by atoms with Crippen molar-refractivity contribution in [3.63, 3.8) is 0 Å². The molecule has 4 atom stereocenters. The fourth-order valence-corrected chi connectivity index (χ4v) is 5.32. The van der Waals surface area contributed by atoms with Crippen molar-refractivity contribution in [3.05, 3.63) is 52.4 Å². The molecule has 1 fully saturated rings. The van der Waals surface area contributed by atoms with Crippen molar-refractivity contribution in [2.45, 2.75) is 53.1 Å². The minimum atomic E-state index is -0.353. The smallest absolute Gasteiger partial charge is 0.336 e. The molecule has 4 heteroatoms. The van der Waals surface area contributed by atoms with E-state index in [-0.39, 0.29) is 22.6 Å². The van der Waals surface area contributed by atoms with E-state index in [9.17, 15) is 9.90 Å². The van der Waals surface area contributed by atoms with Gasteiger partial charge >= 0.3 is 5.63 Å². The van der Waals surface area contributed by atoms with Crippen LogP contribution in [-0.4, -0.2) is 17.8 Å². The van der Waals surface area contributed by atoms with Crippen molar-refractivity contribution in [2.24, 2.45) is 22.7 Å². The van der Waals surface area contributed by atoms with E-state index >= 15 is 0 Å². The molecule has 150 valence electrons. The zero-order valence-corrected chi connectivity index (χ0v) is 17.2. The lowest BCUT2D eigenvalue weighted by Crippen LogP contribution is -2.53. The van der Waals surface area contributed by atoms with Gasteiger partial charge in [0.15, 0.2) is 0 Å². The Kier molecular flexibility index (Phi) is 4.65. The monoisotopic (exact) mass is 382 g/mol. The SMILES string of the molecule is CC1=CC[C@H]2[C@@H](CC[C@H](O)C2(C)C)[C@]1(C)COc1ccc2ccc(=O)oc2c1. The molecule has 0 bridgehead atoms. The van der Waals surface area contributed by atoms with Crippen molar-refractivity contribution in [3.8, 4) is 5.75 Å². The van der Waals surface area contributed by atoms with Gasteiger partial charge in [-0.2, -0.15) is 0 Å². The maximum absolute atomic E-state index is 11.5. The summed E-state index contributed by atoms with van der Waals surface area (Å²) in [5.41, 5.74) is 1.40. The number of aliphatic hydroxyl groups is 1. The maximum Gasteiger partial charge on any atom is 0.336 e. The topological polar surface area (TPSA) is 59.7 Å². The van der Waals surface area contributed by atoms with E-state index in [0.29, 0.717) is 29.8 Å². The van der Waals surface area contributed by atoms with Crippen LogP contribution >= 0.6 is 0 Å². The van der Waals surface area contributed by atoms with E-state index < -0.39 is 0 Å². The Bertz CT molecular complexity index is 970. The van der Waals surface area contributed by atoms with Gasteiger partial charge in [0.1, 0.15) is 11.3 Å². The molecule has 0 saturated heterocycles. The fourth-order valence-electron chi connectivity index (χ4n) is 5.32. The van der Waals surface area contributed by atoms with Crippen LogP contribution in [0, 0.1) is 22.7 Å². The van der Waals surface area contributed by atoms with Crippen molar-refractivity contribution in [1.29, 1.82) is 0 Å². The van der Waals surface area contributed by atoms with E-state index in [1.807, 2.05) is 12.1 Å². The van der Waals surface area contributed by atoms with Crippen molar-refractivity contribution in [1.82, 2.24) is 0 Å². The standard InChI is InChI=1S/C24H30O4/c1-15-5-9-18-19(10-11-21(25)23(18,2)3)24(15,4)14-27-17-8-6-16-7-12-22(26)28-20(16)13-17/h5-8,12-13,18-19,21,25H,9-11,14H2,1-4H3/t18-,19+,21-,24+/m0/s1. The van der Waals surface area contributed by atoms with Gasteiger partial charge in [-0.1, -0.05) is 32.4 Å². The van der Waals surface area contributed by atoms with E-state index in [2.05, 4.69) is 33.8 Å². The van der Waals surface area contributed by atoms with Gasteiger partial charge in [0.2, 0.25) is 0 Å². The van der Waals surface area contributed by atoms with Crippen LogP contribution in [0.3, 0.4) is 0 Å². The molecule has 28 heavy (non-hydrogen) atoms. The Morgan fingerprint density at radius 2 is 1.89 bits per heavy atom. The molecular formula is C24H30O4. The second-order valence-corrected chi connectivity index (χ2v) is 9.41. The average molecular weight is 383 g/mol. The second kappa shape index (κ2) is 6.77. The Labute approximate surface area is 166 Å². The highest BCUT2D eigenvalue weighted by Crippen LogP contribution is 2.57. The number of ether oxygens (including phenoxy) is 1. The highest BCUT2D eigenvalue weighted by Gasteiger charge is 2.52. The number of rotatable bonds is 3. The Hall–Kier alpha value is -2.07. The first kappa shape index (κ1) is 19.3. The van der Waals surface area contributed by atoms with Gasteiger partial charge in [-0.15, -0.1) is 0 Å². The van der Waals surface area contributed by atoms with Gasteiger partial charge in [-0.25, -0.2) is 4.79 Å². The average Bonchev–Trinajstić information content (AvgIpc) is 2.66. The summed E-state index contributed by atoms with van der Waals surface area (Å²) in [5, 5.41) is 11.4. The van der Waals surface area contributed by atoms with E-state index in [0.717, 1.165) is 24.6 Å². The summed E-state index contributed by atoms with van der Waals surface area (Å²) in [5.74, 6) is 1.64. The fraction of sp³-hybridized carbons (Fsp3) is 0.542. The molecule has 1 aromatic carbocycles. The Morgan fingerprint density at radius 1 is 1.14 bits per heavy atom. The number of fused-ring (bicyclic) bond motifs is 2. The van der Waals surface area contributed by atoms with Crippen LogP contribution in [0.1, 0.15) is 47.0 Å². The Morgan fingerprint density at radius 3 is 2.68 bits per heavy atom. The largest absolute Gasteiger partial charge is 0.493 e. The molecule has 1 heterocycles. The first-order chi connectivity index (χ1) is 13.2. The summed E-state index contributed by atoms with van der Waals surface area (Å²) in [7, 11) is 0. The minimum Gasteiger partial charge on any atom is -0.493 e. The molecular weight excluding hydrogens is 352 g/mol. The van der Waals surface area contributed by atoms with Crippen LogP contribution < -0.4 is 10.4 Å². The quantitative estimate of drug-likeness (QED) is 0.603. The predicted octanol–water partition coefficient (Wildman–Crippen LogP) is 4.94.